The second kappa shape index (κ2) is 5.63. The van der Waals surface area contributed by atoms with Crippen LogP contribution in [0, 0.1) is 0 Å². The van der Waals surface area contributed by atoms with Crippen molar-refractivity contribution in [2.24, 2.45) is 0 Å². The number of benzene rings is 3. The van der Waals surface area contributed by atoms with E-state index in [0.29, 0.717) is 5.75 Å². The van der Waals surface area contributed by atoms with Gasteiger partial charge in [-0.05, 0) is 71.8 Å². The van der Waals surface area contributed by atoms with Crippen molar-refractivity contribution < 1.29 is 5.11 Å². The number of aromatic hydroxyl groups is 1. The highest BCUT2D eigenvalue weighted by atomic mass is 79.9. The molecule has 0 fully saturated rings. The number of phenolic OH excluding ortho intramolecular Hbond substituents is 1. The summed E-state index contributed by atoms with van der Waals surface area (Å²) in [6, 6.07) is 16.5. The lowest BCUT2D eigenvalue weighted by molar-refractivity contribution is 0.478. The summed E-state index contributed by atoms with van der Waals surface area (Å²) in [7, 11) is 0. The van der Waals surface area contributed by atoms with Crippen molar-refractivity contribution in [2.45, 2.75) is 25.7 Å². The highest BCUT2D eigenvalue weighted by Gasteiger charge is 2.17. The Hall–Kier alpha value is -2.26. The van der Waals surface area contributed by atoms with Gasteiger partial charge in [0.15, 0.2) is 0 Å². The minimum Gasteiger partial charge on any atom is -0.507 e. The first-order valence-corrected chi connectivity index (χ1v) is 9.55. The highest BCUT2D eigenvalue weighted by molar-refractivity contribution is 9.10. The zero-order valence-electron chi connectivity index (χ0n) is 13.8. The lowest BCUT2D eigenvalue weighted by atomic mass is 9.93. The van der Waals surface area contributed by atoms with Crippen LogP contribution in [0.1, 0.15) is 24.1 Å². The number of halogens is 1. The second-order valence-corrected chi connectivity index (χ2v) is 7.79. The van der Waals surface area contributed by atoms with Crippen LogP contribution in [-0.2, 0) is 12.8 Å². The Kier molecular flexibility index (Phi) is 3.39. The molecule has 2 nitrogen and oxygen atoms in total. The molecular weight excluding hydrogens is 374 g/mol. The SMILES string of the molecule is Oc1ccc2cc(Br)ccc2c1-c1ccc2c3c([nH]c2c1)CCCC3. The van der Waals surface area contributed by atoms with E-state index in [4.69, 9.17) is 0 Å². The van der Waals surface area contributed by atoms with Gasteiger partial charge in [0.05, 0.1) is 0 Å². The number of fused-ring (bicyclic) bond motifs is 4. The van der Waals surface area contributed by atoms with Crippen LogP contribution in [0.15, 0.2) is 53.0 Å². The number of rotatable bonds is 1. The molecule has 0 saturated heterocycles. The van der Waals surface area contributed by atoms with E-state index in [0.717, 1.165) is 32.8 Å². The smallest absolute Gasteiger partial charge is 0.124 e. The van der Waals surface area contributed by atoms with Crippen LogP contribution in [0.5, 0.6) is 5.75 Å². The molecule has 0 radical (unpaired) electrons. The number of hydrogen-bond acceptors (Lipinski definition) is 1. The fourth-order valence-electron chi connectivity index (χ4n) is 4.16. The van der Waals surface area contributed by atoms with Gasteiger partial charge in [-0.25, -0.2) is 0 Å². The number of aromatic amines is 1. The molecule has 1 heterocycles. The van der Waals surface area contributed by atoms with Crippen molar-refractivity contribution in [3.05, 3.63) is 64.3 Å². The molecule has 1 aliphatic rings. The summed E-state index contributed by atoms with van der Waals surface area (Å²) in [6.07, 6.45) is 4.86. The van der Waals surface area contributed by atoms with Crippen molar-refractivity contribution in [1.29, 1.82) is 0 Å². The molecule has 0 atom stereocenters. The van der Waals surface area contributed by atoms with Crippen molar-refractivity contribution >= 4 is 37.6 Å². The Morgan fingerprint density at radius 3 is 2.64 bits per heavy atom. The third-order valence-electron chi connectivity index (χ3n) is 5.35. The van der Waals surface area contributed by atoms with E-state index >= 15 is 0 Å². The van der Waals surface area contributed by atoms with E-state index in [1.165, 1.54) is 41.4 Å². The number of aromatic nitrogens is 1. The van der Waals surface area contributed by atoms with Crippen molar-refractivity contribution in [3.8, 4) is 16.9 Å². The van der Waals surface area contributed by atoms with Gasteiger partial charge in [-0.1, -0.05) is 40.2 Å². The fraction of sp³-hybridized carbons (Fsp3) is 0.182. The maximum Gasteiger partial charge on any atom is 0.124 e. The third-order valence-corrected chi connectivity index (χ3v) is 5.84. The minimum atomic E-state index is 0.325. The van der Waals surface area contributed by atoms with Crippen LogP contribution in [0.25, 0.3) is 32.8 Å². The summed E-state index contributed by atoms with van der Waals surface area (Å²) in [5.74, 6) is 0.325. The highest BCUT2D eigenvalue weighted by Crippen LogP contribution is 2.39. The van der Waals surface area contributed by atoms with Crippen LogP contribution >= 0.6 is 15.9 Å². The molecule has 2 N–H and O–H groups in total. The molecule has 1 aromatic heterocycles. The van der Waals surface area contributed by atoms with Gasteiger partial charge in [-0.3, -0.25) is 0 Å². The minimum absolute atomic E-state index is 0.325. The summed E-state index contributed by atoms with van der Waals surface area (Å²) in [5.41, 5.74) is 6.01. The summed E-state index contributed by atoms with van der Waals surface area (Å²) < 4.78 is 1.05. The normalized spacial score (nSPS) is 14.1. The number of nitrogens with one attached hydrogen (secondary N) is 1. The van der Waals surface area contributed by atoms with Crippen molar-refractivity contribution in [1.82, 2.24) is 4.98 Å². The largest absolute Gasteiger partial charge is 0.507 e. The van der Waals surface area contributed by atoms with E-state index in [1.54, 1.807) is 6.07 Å². The first-order valence-electron chi connectivity index (χ1n) is 8.76. The number of hydrogen-bond donors (Lipinski definition) is 2. The second-order valence-electron chi connectivity index (χ2n) is 6.87. The molecule has 0 amide bonds. The monoisotopic (exact) mass is 391 g/mol. The van der Waals surface area contributed by atoms with E-state index in [-0.39, 0.29) is 0 Å². The molecule has 3 aromatic carbocycles. The molecular formula is C22H18BrNO. The summed E-state index contributed by atoms with van der Waals surface area (Å²) in [6.45, 7) is 0. The molecule has 5 rings (SSSR count). The maximum atomic E-state index is 10.5. The van der Waals surface area contributed by atoms with E-state index < -0.39 is 0 Å². The Morgan fingerprint density at radius 1 is 0.880 bits per heavy atom. The first kappa shape index (κ1) is 15.0. The molecule has 25 heavy (non-hydrogen) atoms. The quantitative estimate of drug-likeness (QED) is 0.390. The lowest BCUT2D eigenvalue weighted by Gasteiger charge is -2.11. The Morgan fingerprint density at radius 2 is 1.72 bits per heavy atom. The Balaban J connectivity index is 1.76. The maximum absolute atomic E-state index is 10.5. The average Bonchev–Trinajstić information content (AvgIpc) is 2.99. The van der Waals surface area contributed by atoms with Gasteiger partial charge in [0.1, 0.15) is 5.75 Å². The van der Waals surface area contributed by atoms with Gasteiger partial charge >= 0.3 is 0 Å². The molecule has 0 aliphatic heterocycles. The predicted octanol–water partition coefficient (Wildman–Crippen LogP) is 6.34. The molecule has 0 spiro atoms. The lowest BCUT2D eigenvalue weighted by Crippen LogP contribution is -1.99. The zero-order valence-corrected chi connectivity index (χ0v) is 15.4. The average molecular weight is 392 g/mol. The van der Waals surface area contributed by atoms with E-state index in [1.807, 2.05) is 12.1 Å². The first-order chi connectivity index (χ1) is 12.2. The van der Waals surface area contributed by atoms with Gasteiger partial charge in [0, 0.05) is 26.6 Å². The van der Waals surface area contributed by atoms with Gasteiger partial charge < -0.3 is 10.1 Å². The molecule has 0 unspecified atom stereocenters. The predicted molar refractivity (Wildman–Crippen MR) is 107 cm³/mol. The van der Waals surface area contributed by atoms with Crippen LogP contribution in [0.2, 0.25) is 0 Å². The summed E-state index contributed by atoms with van der Waals surface area (Å²) >= 11 is 3.53. The number of phenols is 1. The van der Waals surface area contributed by atoms with Gasteiger partial charge in [0.2, 0.25) is 0 Å². The van der Waals surface area contributed by atoms with Crippen molar-refractivity contribution in [3.63, 3.8) is 0 Å². The topological polar surface area (TPSA) is 36.0 Å². The molecule has 0 saturated carbocycles. The fourth-order valence-corrected chi connectivity index (χ4v) is 4.54. The van der Waals surface area contributed by atoms with Gasteiger partial charge in [-0.15, -0.1) is 0 Å². The van der Waals surface area contributed by atoms with Crippen molar-refractivity contribution in [2.75, 3.05) is 0 Å². The number of aryl methyl sites for hydroxylation is 2. The van der Waals surface area contributed by atoms with E-state index in [2.05, 4.69) is 51.2 Å². The number of H-pyrrole nitrogens is 1. The molecule has 4 aromatic rings. The molecule has 3 heteroatoms. The third kappa shape index (κ3) is 2.37. The Bertz CT molecular complexity index is 1130. The standard InChI is InChI=1S/C22H18BrNO/c23-15-7-9-16-13(11-15)6-10-21(25)22(16)14-5-8-18-17-3-1-2-4-19(17)24-20(18)12-14/h5-12,24-25H,1-4H2. The summed E-state index contributed by atoms with van der Waals surface area (Å²) in [4.78, 5) is 3.61. The van der Waals surface area contributed by atoms with Crippen LogP contribution in [0.3, 0.4) is 0 Å². The Labute approximate surface area is 154 Å². The van der Waals surface area contributed by atoms with Gasteiger partial charge in [0.25, 0.3) is 0 Å². The molecule has 1 aliphatic carbocycles. The molecule has 124 valence electrons. The zero-order chi connectivity index (χ0) is 17.0. The van der Waals surface area contributed by atoms with Crippen LogP contribution in [-0.4, -0.2) is 10.1 Å². The summed E-state index contributed by atoms with van der Waals surface area (Å²) in [5, 5.41) is 14.1. The van der Waals surface area contributed by atoms with Crippen LogP contribution in [0.4, 0.5) is 0 Å². The molecule has 0 bridgehead atoms. The van der Waals surface area contributed by atoms with Crippen LogP contribution < -0.4 is 0 Å². The van der Waals surface area contributed by atoms with Gasteiger partial charge in [-0.2, -0.15) is 0 Å². The van der Waals surface area contributed by atoms with E-state index in [9.17, 15) is 5.11 Å².